The van der Waals surface area contributed by atoms with Gasteiger partial charge in [-0.1, -0.05) is 25.1 Å². The number of hydrogen-bond acceptors (Lipinski definition) is 3. The summed E-state index contributed by atoms with van der Waals surface area (Å²) in [4.78, 5) is 14.4. The Balaban J connectivity index is 2.46. The molecule has 2 rings (SSSR count). The molecule has 19 heavy (non-hydrogen) atoms. The summed E-state index contributed by atoms with van der Waals surface area (Å²) in [5.74, 6) is -0.0559. The largest absolute Gasteiger partial charge is 0.394 e. The molecule has 0 bridgehead atoms. The molecule has 4 heteroatoms. The predicted octanol–water partition coefficient (Wildman–Crippen LogP) is 1.32. The van der Waals surface area contributed by atoms with Crippen LogP contribution in [0.5, 0.6) is 0 Å². The fraction of sp³-hybridized carbons (Fsp3) is 0.533. The number of carbonyl (C=O) groups excluding carboxylic acids is 1. The summed E-state index contributed by atoms with van der Waals surface area (Å²) in [6, 6.07) is 7.48. The van der Waals surface area contributed by atoms with Gasteiger partial charge in [-0.2, -0.15) is 0 Å². The smallest absolute Gasteiger partial charge is 0.247 e. The number of aliphatic hydroxyl groups is 1. The van der Waals surface area contributed by atoms with Gasteiger partial charge < -0.3 is 15.3 Å². The van der Waals surface area contributed by atoms with Crippen LogP contribution in [0.3, 0.4) is 0 Å². The number of benzene rings is 1. The summed E-state index contributed by atoms with van der Waals surface area (Å²) < 4.78 is 0. The van der Waals surface area contributed by atoms with Crippen molar-refractivity contribution in [2.24, 2.45) is 0 Å². The van der Waals surface area contributed by atoms with Gasteiger partial charge in [-0.15, -0.1) is 0 Å². The van der Waals surface area contributed by atoms with E-state index in [1.165, 1.54) is 0 Å². The number of para-hydroxylation sites is 1. The summed E-state index contributed by atoms with van der Waals surface area (Å²) in [6.45, 7) is 6.67. The van der Waals surface area contributed by atoms with E-state index in [0.29, 0.717) is 6.54 Å². The summed E-state index contributed by atoms with van der Waals surface area (Å²) in [7, 11) is 0. The van der Waals surface area contributed by atoms with Gasteiger partial charge in [-0.05, 0) is 31.9 Å². The Morgan fingerprint density at radius 1 is 1.42 bits per heavy atom. The van der Waals surface area contributed by atoms with Gasteiger partial charge in [0.25, 0.3) is 0 Å². The van der Waals surface area contributed by atoms with Crippen LogP contribution in [0.4, 0.5) is 5.69 Å². The van der Waals surface area contributed by atoms with E-state index in [1.807, 2.05) is 36.9 Å². The Hall–Kier alpha value is -1.39. The lowest BCUT2D eigenvalue weighted by Crippen LogP contribution is -2.66. The van der Waals surface area contributed by atoms with E-state index in [1.54, 1.807) is 0 Å². The first-order valence-corrected chi connectivity index (χ1v) is 6.77. The number of hydrogen-bond donors (Lipinski definition) is 2. The van der Waals surface area contributed by atoms with Crippen LogP contribution >= 0.6 is 0 Å². The van der Waals surface area contributed by atoms with Crippen molar-refractivity contribution in [2.75, 3.05) is 18.1 Å². The summed E-state index contributed by atoms with van der Waals surface area (Å²) >= 11 is 0. The lowest BCUT2D eigenvalue weighted by Gasteiger charge is -2.46. The maximum atomic E-state index is 12.5. The molecule has 1 aromatic rings. The highest BCUT2D eigenvalue weighted by atomic mass is 16.3. The molecule has 0 aromatic heterocycles. The first-order valence-electron chi connectivity index (χ1n) is 6.77. The molecule has 1 atom stereocenters. The number of piperazine rings is 1. The molecule has 0 radical (unpaired) electrons. The molecule has 1 unspecified atom stereocenters. The number of aliphatic hydroxyl groups excluding tert-OH is 1. The van der Waals surface area contributed by atoms with Gasteiger partial charge in [0.1, 0.15) is 6.04 Å². The standard InChI is InChI=1S/C15H22N2O2/c1-4-11-7-5-6-8-13(11)17-14(19)12(9-18)16-10-15(17,2)3/h5-8,12,16,18H,4,9-10H2,1-3H3. The molecule has 0 spiro atoms. The molecule has 2 N–H and O–H groups in total. The number of anilines is 1. The molecule has 1 aliphatic rings. The third-order valence-corrected chi connectivity index (χ3v) is 3.70. The number of nitrogens with one attached hydrogen (secondary N) is 1. The van der Waals surface area contributed by atoms with Crippen LogP contribution in [0.15, 0.2) is 24.3 Å². The van der Waals surface area contributed by atoms with Gasteiger partial charge in [0, 0.05) is 12.2 Å². The van der Waals surface area contributed by atoms with Gasteiger partial charge >= 0.3 is 0 Å². The maximum absolute atomic E-state index is 12.5. The SMILES string of the molecule is CCc1ccccc1N1C(=O)C(CO)NCC1(C)C. The third kappa shape index (κ3) is 2.51. The average Bonchev–Trinajstić information content (AvgIpc) is 2.39. The van der Waals surface area contributed by atoms with Crippen molar-refractivity contribution in [1.29, 1.82) is 0 Å². The Labute approximate surface area is 114 Å². The van der Waals surface area contributed by atoms with E-state index in [0.717, 1.165) is 17.7 Å². The Bertz CT molecular complexity index is 471. The topological polar surface area (TPSA) is 52.6 Å². The molecule has 1 heterocycles. The molecule has 4 nitrogen and oxygen atoms in total. The number of aryl methyl sites for hydroxylation is 1. The minimum Gasteiger partial charge on any atom is -0.394 e. The van der Waals surface area contributed by atoms with E-state index in [2.05, 4.69) is 18.3 Å². The van der Waals surface area contributed by atoms with E-state index in [-0.39, 0.29) is 18.1 Å². The van der Waals surface area contributed by atoms with Crippen LogP contribution in [0.2, 0.25) is 0 Å². The van der Waals surface area contributed by atoms with Crippen molar-refractivity contribution in [2.45, 2.75) is 38.8 Å². The van der Waals surface area contributed by atoms with Crippen molar-refractivity contribution in [3.8, 4) is 0 Å². The monoisotopic (exact) mass is 262 g/mol. The second-order valence-corrected chi connectivity index (χ2v) is 5.58. The van der Waals surface area contributed by atoms with Gasteiger partial charge in [0.15, 0.2) is 0 Å². The fourth-order valence-electron chi connectivity index (χ4n) is 2.61. The Morgan fingerprint density at radius 2 is 2.11 bits per heavy atom. The Kier molecular flexibility index (Phi) is 3.92. The van der Waals surface area contributed by atoms with Crippen molar-refractivity contribution in [1.82, 2.24) is 5.32 Å². The average molecular weight is 262 g/mol. The zero-order valence-corrected chi connectivity index (χ0v) is 11.8. The molecule has 1 amide bonds. The summed E-state index contributed by atoms with van der Waals surface area (Å²) in [5, 5.41) is 12.4. The highest BCUT2D eigenvalue weighted by molar-refractivity contribution is 6.00. The number of rotatable bonds is 3. The van der Waals surface area contributed by atoms with Crippen LogP contribution < -0.4 is 10.2 Å². The van der Waals surface area contributed by atoms with Crippen molar-refractivity contribution < 1.29 is 9.90 Å². The second-order valence-electron chi connectivity index (χ2n) is 5.58. The zero-order chi connectivity index (χ0) is 14.0. The third-order valence-electron chi connectivity index (χ3n) is 3.70. The molecule has 1 aliphatic heterocycles. The van der Waals surface area contributed by atoms with Crippen molar-refractivity contribution >= 4 is 11.6 Å². The van der Waals surface area contributed by atoms with Gasteiger partial charge in [0.05, 0.1) is 12.1 Å². The zero-order valence-electron chi connectivity index (χ0n) is 11.8. The second kappa shape index (κ2) is 5.31. The van der Waals surface area contributed by atoms with Gasteiger partial charge in [-0.25, -0.2) is 0 Å². The first-order chi connectivity index (χ1) is 9.01. The lowest BCUT2D eigenvalue weighted by molar-refractivity contribution is -0.124. The molecular weight excluding hydrogens is 240 g/mol. The molecule has 1 saturated heterocycles. The molecule has 0 aliphatic carbocycles. The van der Waals surface area contributed by atoms with Crippen LogP contribution in [-0.2, 0) is 11.2 Å². The molecule has 0 saturated carbocycles. The quantitative estimate of drug-likeness (QED) is 0.864. The van der Waals surface area contributed by atoms with Gasteiger partial charge in [-0.3, -0.25) is 4.79 Å². The molecule has 1 fully saturated rings. The molecular formula is C15H22N2O2. The first kappa shape index (κ1) is 14.0. The van der Waals surface area contributed by atoms with E-state index >= 15 is 0 Å². The number of nitrogens with zero attached hydrogens (tertiary/aromatic N) is 1. The van der Waals surface area contributed by atoms with Crippen molar-refractivity contribution in [3.63, 3.8) is 0 Å². The highest BCUT2D eigenvalue weighted by Gasteiger charge is 2.41. The van der Waals surface area contributed by atoms with E-state index < -0.39 is 6.04 Å². The van der Waals surface area contributed by atoms with Crippen LogP contribution in [0, 0.1) is 0 Å². The van der Waals surface area contributed by atoms with Crippen LogP contribution in [-0.4, -0.2) is 35.7 Å². The van der Waals surface area contributed by atoms with E-state index in [4.69, 9.17) is 0 Å². The van der Waals surface area contributed by atoms with E-state index in [9.17, 15) is 9.90 Å². The fourth-order valence-corrected chi connectivity index (χ4v) is 2.61. The number of carbonyl (C=O) groups is 1. The number of amides is 1. The van der Waals surface area contributed by atoms with Crippen molar-refractivity contribution in [3.05, 3.63) is 29.8 Å². The van der Waals surface area contributed by atoms with Crippen LogP contribution in [0.25, 0.3) is 0 Å². The maximum Gasteiger partial charge on any atom is 0.247 e. The van der Waals surface area contributed by atoms with Crippen LogP contribution in [0.1, 0.15) is 26.3 Å². The summed E-state index contributed by atoms with van der Waals surface area (Å²) in [6.07, 6.45) is 0.882. The van der Waals surface area contributed by atoms with Gasteiger partial charge in [0.2, 0.25) is 5.91 Å². The highest BCUT2D eigenvalue weighted by Crippen LogP contribution is 2.30. The summed E-state index contributed by atoms with van der Waals surface area (Å²) in [5.41, 5.74) is 1.82. The predicted molar refractivity (Wildman–Crippen MR) is 76.3 cm³/mol. The minimum absolute atomic E-state index is 0.0559. The molecule has 1 aromatic carbocycles. The lowest BCUT2D eigenvalue weighted by atomic mass is 9.94. The minimum atomic E-state index is -0.502. The molecule has 104 valence electrons. The normalized spacial score (nSPS) is 22.6. The Morgan fingerprint density at radius 3 is 2.74 bits per heavy atom.